The molecule has 29 heavy (non-hydrogen) atoms. The number of rotatable bonds is 7. The maximum absolute atomic E-state index is 12.3. The third kappa shape index (κ3) is 4.38. The average Bonchev–Trinajstić information content (AvgIpc) is 3.18. The first kappa shape index (κ1) is 18.6. The van der Waals surface area contributed by atoms with Crippen LogP contribution in [0.1, 0.15) is 15.9 Å². The van der Waals surface area contributed by atoms with E-state index in [1.165, 1.54) is 10.9 Å². The maximum atomic E-state index is 12.3. The summed E-state index contributed by atoms with van der Waals surface area (Å²) in [6, 6.07) is 18.9. The number of carbonyl (C=O) groups is 1. The molecule has 0 aliphatic carbocycles. The van der Waals surface area contributed by atoms with Gasteiger partial charge in [0.15, 0.2) is 0 Å². The van der Waals surface area contributed by atoms with Crippen LogP contribution in [0, 0.1) is 0 Å². The number of carbonyl (C=O) groups excluding carboxylic acids is 1. The van der Waals surface area contributed by atoms with Crippen LogP contribution in [0.5, 0.6) is 5.75 Å². The number of fused-ring (bicyclic) bond motifs is 1. The summed E-state index contributed by atoms with van der Waals surface area (Å²) < 4.78 is 5.10. The van der Waals surface area contributed by atoms with Crippen LogP contribution in [0.15, 0.2) is 73.1 Å². The number of H-pyrrole nitrogens is 1. The highest BCUT2D eigenvalue weighted by Gasteiger charge is 2.07. The number of aromatic nitrogens is 2. The van der Waals surface area contributed by atoms with Crippen LogP contribution in [0.4, 0.5) is 11.5 Å². The van der Waals surface area contributed by atoms with Crippen LogP contribution in [0.2, 0.25) is 0 Å². The monoisotopic (exact) mass is 386 g/mol. The van der Waals surface area contributed by atoms with Crippen molar-refractivity contribution in [3.05, 3.63) is 84.2 Å². The quantitative estimate of drug-likeness (QED) is 0.438. The lowest BCUT2D eigenvalue weighted by Crippen LogP contribution is -2.13. The Balaban J connectivity index is 1.31. The van der Waals surface area contributed by atoms with Gasteiger partial charge in [0, 0.05) is 29.2 Å². The van der Waals surface area contributed by atoms with Gasteiger partial charge in [-0.2, -0.15) is 0 Å². The molecule has 0 aliphatic rings. The molecule has 6 nitrogen and oxygen atoms in total. The second kappa shape index (κ2) is 8.48. The normalized spacial score (nSPS) is 10.7. The fourth-order valence-corrected chi connectivity index (χ4v) is 3.18. The zero-order valence-electron chi connectivity index (χ0n) is 16.1. The Labute approximate surface area is 168 Å². The van der Waals surface area contributed by atoms with Gasteiger partial charge in [-0.15, -0.1) is 0 Å². The Bertz CT molecular complexity index is 1100. The maximum Gasteiger partial charge on any atom is 0.256 e. The lowest BCUT2D eigenvalue weighted by Gasteiger charge is -2.08. The summed E-state index contributed by atoms with van der Waals surface area (Å²) in [7, 11) is 1.59. The van der Waals surface area contributed by atoms with Gasteiger partial charge in [0.05, 0.1) is 19.0 Å². The lowest BCUT2D eigenvalue weighted by atomic mass is 10.1. The summed E-state index contributed by atoms with van der Waals surface area (Å²) in [6.45, 7) is 0.793. The number of hydrogen-bond donors (Lipinski definition) is 3. The van der Waals surface area contributed by atoms with Gasteiger partial charge in [0.2, 0.25) is 0 Å². The van der Waals surface area contributed by atoms with E-state index in [1.54, 1.807) is 43.6 Å². The predicted octanol–water partition coefficient (Wildman–Crippen LogP) is 4.48. The molecule has 2 heterocycles. The number of aromatic amines is 1. The molecule has 6 heteroatoms. The van der Waals surface area contributed by atoms with Crippen LogP contribution < -0.4 is 15.4 Å². The molecule has 0 atom stereocenters. The van der Waals surface area contributed by atoms with Crippen LogP contribution >= 0.6 is 0 Å². The van der Waals surface area contributed by atoms with E-state index in [1.807, 2.05) is 12.1 Å². The molecule has 4 rings (SSSR count). The van der Waals surface area contributed by atoms with Gasteiger partial charge in [-0.1, -0.05) is 18.2 Å². The van der Waals surface area contributed by atoms with E-state index in [0.717, 1.165) is 24.2 Å². The molecule has 0 aliphatic heterocycles. The van der Waals surface area contributed by atoms with Gasteiger partial charge in [-0.05, 0) is 54.4 Å². The molecule has 0 saturated heterocycles. The zero-order chi connectivity index (χ0) is 20.1. The van der Waals surface area contributed by atoms with Gasteiger partial charge >= 0.3 is 0 Å². The molecule has 0 fully saturated rings. The van der Waals surface area contributed by atoms with Crippen molar-refractivity contribution < 1.29 is 9.53 Å². The Morgan fingerprint density at radius 2 is 1.90 bits per heavy atom. The van der Waals surface area contributed by atoms with Gasteiger partial charge in [-0.25, -0.2) is 4.98 Å². The first-order valence-electron chi connectivity index (χ1n) is 9.43. The number of methoxy groups -OCH3 is 1. The Kier molecular flexibility index (Phi) is 5.42. The Morgan fingerprint density at radius 3 is 2.66 bits per heavy atom. The molecular formula is C23H22N4O2. The van der Waals surface area contributed by atoms with Gasteiger partial charge in [0.25, 0.3) is 5.91 Å². The van der Waals surface area contributed by atoms with Crippen LogP contribution in [0.25, 0.3) is 10.9 Å². The molecule has 0 radical (unpaired) electrons. The summed E-state index contributed by atoms with van der Waals surface area (Å²) >= 11 is 0. The number of anilines is 2. The zero-order valence-corrected chi connectivity index (χ0v) is 16.1. The summed E-state index contributed by atoms with van der Waals surface area (Å²) in [5.74, 6) is 1.01. The minimum Gasteiger partial charge on any atom is -0.497 e. The predicted molar refractivity (Wildman–Crippen MR) is 116 cm³/mol. The van der Waals surface area contributed by atoms with Crippen molar-refractivity contribution in [3.8, 4) is 5.75 Å². The van der Waals surface area contributed by atoms with Crippen LogP contribution in [-0.4, -0.2) is 29.5 Å². The number of hydrogen-bond acceptors (Lipinski definition) is 4. The topological polar surface area (TPSA) is 79.0 Å². The molecular weight excluding hydrogens is 364 g/mol. The molecule has 2 aromatic carbocycles. The van der Waals surface area contributed by atoms with Crippen molar-refractivity contribution >= 4 is 28.3 Å². The molecule has 0 spiro atoms. The van der Waals surface area contributed by atoms with Crippen molar-refractivity contribution in [2.75, 3.05) is 24.3 Å². The smallest absolute Gasteiger partial charge is 0.256 e. The summed E-state index contributed by atoms with van der Waals surface area (Å²) in [5, 5.41) is 7.42. The Morgan fingerprint density at radius 1 is 1.07 bits per heavy atom. The summed E-state index contributed by atoms with van der Waals surface area (Å²) in [6.07, 6.45) is 4.68. The SMILES string of the molecule is COc1ccc(C(=O)Nc2ccc(NCCc3c[nH]c4ccccc34)cn2)cc1. The first-order valence-corrected chi connectivity index (χ1v) is 9.43. The number of nitrogens with zero attached hydrogens (tertiary/aromatic N) is 1. The van der Waals surface area contributed by atoms with Gasteiger partial charge < -0.3 is 20.4 Å². The first-order chi connectivity index (χ1) is 14.2. The second-order valence-corrected chi connectivity index (χ2v) is 6.65. The highest BCUT2D eigenvalue weighted by molar-refractivity contribution is 6.03. The van der Waals surface area contributed by atoms with Crippen molar-refractivity contribution in [2.45, 2.75) is 6.42 Å². The van der Waals surface area contributed by atoms with Crippen LogP contribution in [0.3, 0.4) is 0 Å². The number of para-hydroxylation sites is 1. The van der Waals surface area contributed by atoms with E-state index < -0.39 is 0 Å². The molecule has 0 unspecified atom stereocenters. The minimum atomic E-state index is -0.208. The Hall–Kier alpha value is -3.80. The van der Waals surface area contributed by atoms with E-state index in [4.69, 9.17) is 4.74 Å². The van der Waals surface area contributed by atoms with Gasteiger partial charge in [0.1, 0.15) is 11.6 Å². The number of amides is 1. The minimum absolute atomic E-state index is 0.208. The third-order valence-corrected chi connectivity index (χ3v) is 4.76. The number of nitrogens with one attached hydrogen (secondary N) is 3. The third-order valence-electron chi connectivity index (χ3n) is 4.76. The molecule has 2 aromatic heterocycles. The standard InChI is InChI=1S/C23H22N4O2/c1-29-19-9-6-16(7-10-19)23(28)27-22-11-8-18(15-26-22)24-13-12-17-14-25-21-5-3-2-4-20(17)21/h2-11,14-15,24-25H,12-13H2,1H3,(H,26,27,28). The van der Waals surface area contributed by atoms with Crippen molar-refractivity contribution in [2.24, 2.45) is 0 Å². The molecule has 1 amide bonds. The molecule has 4 aromatic rings. The summed E-state index contributed by atoms with van der Waals surface area (Å²) in [4.78, 5) is 19.9. The lowest BCUT2D eigenvalue weighted by molar-refractivity contribution is 0.102. The fraction of sp³-hybridized carbons (Fsp3) is 0.130. The molecule has 146 valence electrons. The van der Waals surface area contributed by atoms with E-state index in [2.05, 4.69) is 45.0 Å². The highest BCUT2D eigenvalue weighted by atomic mass is 16.5. The van der Waals surface area contributed by atoms with Gasteiger partial charge in [-0.3, -0.25) is 4.79 Å². The van der Waals surface area contributed by atoms with E-state index in [0.29, 0.717) is 17.1 Å². The van der Waals surface area contributed by atoms with E-state index >= 15 is 0 Å². The van der Waals surface area contributed by atoms with E-state index in [9.17, 15) is 4.79 Å². The molecule has 0 bridgehead atoms. The number of ether oxygens (including phenoxy) is 1. The van der Waals surface area contributed by atoms with Crippen molar-refractivity contribution in [1.29, 1.82) is 0 Å². The van der Waals surface area contributed by atoms with E-state index in [-0.39, 0.29) is 5.91 Å². The van der Waals surface area contributed by atoms with Crippen LogP contribution in [-0.2, 0) is 6.42 Å². The fourth-order valence-electron chi connectivity index (χ4n) is 3.18. The average molecular weight is 386 g/mol. The van der Waals surface area contributed by atoms with Crippen molar-refractivity contribution in [1.82, 2.24) is 9.97 Å². The van der Waals surface area contributed by atoms with Crippen molar-refractivity contribution in [3.63, 3.8) is 0 Å². The summed E-state index contributed by atoms with van der Waals surface area (Å²) in [5.41, 5.74) is 3.89. The highest BCUT2D eigenvalue weighted by Crippen LogP contribution is 2.18. The largest absolute Gasteiger partial charge is 0.497 e. The molecule has 0 saturated carbocycles. The molecule has 3 N–H and O–H groups in total. The second-order valence-electron chi connectivity index (χ2n) is 6.65. The number of pyridine rings is 1. The number of benzene rings is 2.